The number of aromatic amines is 1. The van der Waals surface area contributed by atoms with Gasteiger partial charge in [0.1, 0.15) is 5.82 Å². The number of rotatable bonds is 5. The van der Waals surface area contributed by atoms with Crippen molar-refractivity contribution in [2.24, 2.45) is 0 Å². The van der Waals surface area contributed by atoms with Crippen LogP contribution in [0, 0.1) is 0 Å². The number of aliphatic carboxylic acids is 1. The molecule has 0 bridgehead atoms. The van der Waals surface area contributed by atoms with Crippen molar-refractivity contribution in [3.8, 4) is 22.9 Å². The molecule has 0 saturated carbocycles. The van der Waals surface area contributed by atoms with E-state index in [1.807, 2.05) is 24.3 Å². The van der Waals surface area contributed by atoms with Gasteiger partial charge in [-0.15, -0.1) is 0 Å². The standard InChI is InChI=1S/C16H14N2O4/c1-21-14-8-10(6-7-13(14)22-9-15(19)20)16-17-11-4-2-3-5-12(11)18-16/h2-8H,9H2,1H3,(H,17,18)(H,19,20). The summed E-state index contributed by atoms with van der Waals surface area (Å²) >= 11 is 0. The molecule has 1 aromatic heterocycles. The Morgan fingerprint density at radius 2 is 2.05 bits per heavy atom. The lowest BCUT2D eigenvalue weighted by molar-refractivity contribution is -0.139. The number of nitrogens with one attached hydrogen (secondary N) is 1. The van der Waals surface area contributed by atoms with E-state index in [-0.39, 0.29) is 0 Å². The molecule has 6 heteroatoms. The lowest BCUT2D eigenvalue weighted by Crippen LogP contribution is -2.10. The Hall–Kier alpha value is -3.02. The third kappa shape index (κ3) is 2.71. The minimum absolute atomic E-state index is 0.379. The Kier molecular flexibility index (Phi) is 3.65. The predicted octanol–water partition coefficient (Wildman–Crippen LogP) is 2.70. The number of methoxy groups -OCH3 is 1. The molecule has 6 nitrogen and oxygen atoms in total. The Balaban J connectivity index is 1.95. The van der Waals surface area contributed by atoms with Crippen molar-refractivity contribution in [1.29, 1.82) is 0 Å². The molecule has 0 radical (unpaired) electrons. The van der Waals surface area contributed by atoms with Crippen LogP contribution in [0.25, 0.3) is 22.4 Å². The number of aromatic nitrogens is 2. The Labute approximate surface area is 126 Å². The largest absolute Gasteiger partial charge is 0.493 e. The summed E-state index contributed by atoms with van der Waals surface area (Å²) in [7, 11) is 1.51. The number of ether oxygens (including phenoxy) is 2. The van der Waals surface area contributed by atoms with Crippen LogP contribution in [0.4, 0.5) is 0 Å². The Bertz CT molecular complexity index is 793. The molecule has 0 unspecified atom stereocenters. The zero-order chi connectivity index (χ0) is 15.5. The molecule has 2 aromatic carbocycles. The van der Waals surface area contributed by atoms with Gasteiger partial charge in [-0.25, -0.2) is 9.78 Å². The van der Waals surface area contributed by atoms with Crippen LogP contribution < -0.4 is 9.47 Å². The second-order valence-corrected chi connectivity index (χ2v) is 4.65. The maximum atomic E-state index is 10.6. The quantitative estimate of drug-likeness (QED) is 0.756. The molecule has 0 amide bonds. The zero-order valence-electron chi connectivity index (χ0n) is 11.9. The van der Waals surface area contributed by atoms with Gasteiger partial charge >= 0.3 is 5.97 Å². The lowest BCUT2D eigenvalue weighted by atomic mass is 10.2. The van der Waals surface area contributed by atoms with Gasteiger partial charge in [-0.2, -0.15) is 0 Å². The monoisotopic (exact) mass is 298 g/mol. The smallest absolute Gasteiger partial charge is 0.341 e. The summed E-state index contributed by atoms with van der Waals surface area (Å²) in [6.45, 7) is -0.416. The highest BCUT2D eigenvalue weighted by Gasteiger charge is 2.11. The molecule has 22 heavy (non-hydrogen) atoms. The number of carboxylic acids is 1. The summed E-state index contributed by atoms with van der Waals surface area (Å²) in [5.74, 6) is 0.511. The molecule has 0 saturated heterocycles. The van der Waals surface area contributed by atoms with E-state index in [1.54, 1.807) is 18.2 Å². The maximum Gasteiger partial charge on any atom is 0.341 e. The summed E-state index contributed by atoms with van der Waals surface area (Å²) in [4.78, 5) is 18.3. The number of carboxylic acid groups (broad SMARTS) is 1. The molecule has 2 N–H and O–H groups in total. The first-order valence-corrected chi connectivity index (χ1v) is 6.65. The second-order valence-electron chi connectivity index (χ2n) is 4.65. The van der Waals surface area contributed by atoms with Gasteiger partial charge in [0.2, 0.25) is 0 Å². The minimum atomic E-state index is -1.04. The van der Waals surface area contributed by atoms with Crippen molar-refractivity contribution in [3.05, 3.63) is 42.5 Å². The SMILES string of the molecule is COc1cc(-c2nc3ccccc3[nH]2)ccc1OCC(=O)O. The highest BCUT2D eigenvalue weighted by molar-refractivity contribution is 5.79. The first-order valence-electron chi connectivity index (χ1n) is 6.65. The Morgan fingerprint density at radius 3 is 2.77 bits per heavy atom. The highest BCUT2D eigenvalue weighted by Crippen LogP contribution is 2.32. The van der Waals surface area contributed by atoms with Gasteiger partial charge in [-0.3, -0.25) is 0 Å². The lowest BCUT2D eigenvalue weighted by Gasteiger charge is -2.10. The first kappa shape index (κ1) is 13.9. The molecule has 0 fully saturated rings. The van der Waals surface area contributed by atoms with E-state index in [9.17, 15) is 4.79 Å². The van der Waals surface area contributed by atoms with E-state index in [0.717, 1.165) is 16.6 Å². The summed E-state index contributed by atoms with van der Waals surface area (Å²) in [5, 5.41) is 8.67. The van der Waals surface area contributed by atoms with Gasteiger partial charge in [-0.1, -0.05) is 12.1 Å². The molecule has 3 rings (SSSR count). The molecular formula is C16H14N2O4. The summed E-state index contributed by atoms with van der Waals surface area (Å²) in [5.41, 5.74) is 2.65. The van der Waals surface area contributed by atoms with E-state index < -0.39 is 12.6 Å². The second kappa shape index (κ2) is 5.77. The third-order valence-electron chi connectivity index (χ3n) is 3.18. The van der Waals surface area contributed by atoms with Gasteiger partial charge in [0, 0.05) is 5.56 Å². The fraction of sp³-hybridized carbons (Fsp3) is 0.125. The summed E-state index contributed by atoms with van der Waals surface area (Å²) < 4.78 is 10.4. The van der Waals surface area contributed by atoms with Gasteiger partial charge in [0.15, 0.2) is 18.1 Å². The number of fused-ring (bicyclic) bond motifs is 1. The fourth-order valence-corrected chi connectivity index (χ4v) is 2.16. The Morgan fingerprint density at radius 1 is 1.23 bits per heavy atom. The maximum absolute atomic E-state index is 10.6. The number of hydrogen-bond donors (Lipinski definition) is 2. The average Bonchev–Trinajstić information content (AvgIpc) is 2.96. The van der Waals surface area contributed by atoms with Gasteiger partial charge in [0.25, 0.3) is 0 Å². The van der Waals surface area contributed by atoms with E-state index in [0.29, 0.717) is 17.3 Å². The highest BCUT2D eigenvalue weighted by atomic mass is 16.5. The van der Waals surface area contributed by atoms with E-state index >= 15 is 0 Å². The third-order valence-corrected chi connectivity index (χ3v) is 3.18. The normalized spacial score (nSPS) is 10.6. The van der Waals surface area contributed by atoms with Crippen LogP contribution in [0.2, 0.25) is 0 Å². The van der Waals surface area contributed by atoms with E-state index in [2.05, 4.69) is 9.97 Å². The number of nitrogens with zero attached hydrogens (tertiary/aromatic N) is 1. The van der Waals surface area contributed by atoms with Crippen molar-refractivity contribution in [2.45, 2.75) is 0 Å². The van der Waals surface area contributed by atoms with Gasteiger partial charge < -0.3 is 19.6 Å². The number of benzene rings is 2. The molecule has 0 aliphatic carbocycles. The first-order chi connectivity index (χ1) is 10.7. The van der Waals surface area contributed by atoms with Gasteiger partial charge in [-0.05, 0) is 30.3 Å². The van der Waals surface area contributed by atoms with Crippen LogP contribution in [0.5, 0.6) is 11.5 Å². The van der Waals surface area contributed by atoms with Crippen LogP contribution in [-0.4, -0.2) is 34.8 Å². The van der Waals surface area contributed by atoms with Crippen molar-refractivity contribution in [2.75, 3.05) is 13.7 Å². The molecule has 3 aromatic rings. The number of carbonyl (C=O) groups is 1. The molecule has 112 valence electrons. The van der Waals surface area contributed by atoms with E-state index in [1.165, 1.54) is 7.11 Å². The van der Waals surface area contributed by atoms with E-state index in [4.69, 9.17) is 14.6 Å². The topological polar surface area (TPSA) is 84.4 Å². The summed E-state index contributed by atoms with van der Waals surface area (Å²) in [6.07, 6.45) is 0. The molecule has 0 atom stereocenters. The molecular weight excluding hydrogens is 284 g/mol. The number of H-pyrrole nitrogens is 1. The van der Waals surface area contributed by atoms with Crippen LogP contribution in [0.1, 0.15) is 0 Å². The fourth-order valence-electron chi connectivity index (χ4n) is 2.16. The number of imidazole rings is 1. The number of hydrogen-bond acceptors (Lipinski definition) is 4. The van der Waals surface area contributed by atoms with Crippen LogP contribution in [0.15, 0.2) is 42.5 Å². The molecule has 1 heterocycles. The number of para-hydroxylation sites is 2. The van der Waals surface area contributed by atoms with Crippen molar-refractivity contribution >= 4 is 17.0 Å². The van der Waals surface area contributed by atoms with Gasteiger partial charge in [0.05, 0.1) is 18.1 Å². The van der Waals surface area contributed by atoms with Crippen LogP contribution >= 0.6 is 0 Å². The molecule has 0 aliphatic rings. The van der Waals surface area contributed by atoms with Crippen molar-refractivity contribution < 1.29 is 19.4 Å². The zero-order valence-corrected chi connectivity index (χ0v) is 11.9. The van der Waals surface area contributed by atoms with Crippen molar-refractivity contribution in [1.82, 2.24) is 9.97 Å². The minimum Gasteiger partial charge on any atom is -0.493 e. The summed E-state index contributed by atoms with van der Waals surface area (Å²) in [6, 6.07) is 13.0. The average molecular weight is 298 g/mol. The van der Waals surface area contributed by atoms with Crippen LogP contribution in [-0.2, 0) is 4.79 Å². The molecule has 0 aliphatic heterocycles. The predicted molar refractivity (Wildman–Crippen MR) is 81.2 cm³/mol. The van der Waals surface area contributed by atoms with Crippen molar-refractivity contribution in [3.63, 3.8) is 0 Å². The molecule has 0 spiro atoms. The van der Waals surface area contributed by atoms with Crippen LogP contribution in [0.3, 0.4) is 0 Å².